The van der Waals surface area contributed by atoms with E-state index in [1.807, 2.05) is 0 Å². The number of halogens is 1. The van der Waals surface area contributed by atoms with Gasteiger partial charge in [-0.05, 0) is 56.7 Å². The molecule has 0 saturated carbocycles. The quantitative estimate of drug-likeness (QED) is 0.832. The molecule has 1 aromatic rings. The van der Waals surface area contributed by atoms with Gasteiger partial charge in [-0.15, -0.1) is 0 Å². The van der Waals surface area contributed by atoms with Gasteiger partial charge in [0.1, 0.15) is 0 Å². The smallest absolute Gasteiger partial charge is 0.0464 e. The van der Waals surface area contributed by atoms with Crippen LogP contribution >= 0.6 is 11.6 Å². The Kier molecular flexibility index (Phi) is 4.62. The first-order chi connectivity index (χ1) is 7.00. The third-order valence-corrected chi connectivity index (χ3v) is 3.22. The number of hydrogen-bond acceptors (Lipinski definition) is 1. The molecule has 1 atom stereocenters. The Hall–Kier alpha value is -0.530. The molecule has 0 aliphatic heterocycles. The van der Waals surface area contributed by atoms with E-state index in [9.17, 15) is 0 Å². The molecule has 0 spiro atoms. The maximum absolute atomic E-state index is 6.11. The van der Waals surface area contributed by atoms with Crippen molar-refractivity contribution in [1.29, 1.82) is 0 Å². The van der Waals surface area contributed by atoms with Gasteiger partial charge < -0.3 is 5.73 Å². The Morgan fingerprint density at radius 1 is 1.27 bits per heavy atom. The van der Waals surface area contributed by atoms with Gasteiger partial charge in [0.2, 0.25) is 0 Å². The number of hydrogen-bond donors (Lipinski definition) is 1. The minimum atomic E-state index is 0.305. The van der Waals surface area contributed by atoms with Crippen molar-refractivity contribution >= 4 is 11.6 Å². The monoisotopic (exact) mass is 225 g/mol. The summed E-state index contributed by atoms with van der Waals surface area (Å²) in [5, 5.41) is 0.894. The highest BCUT2D eigenvalue weighted by atomic mass is 35.5. The third kappa shape index (κ3) is 3.84. The van der Waals surface area contributed by atoms with E-state index >= 15 is 0 Å². The molecule has 1 rings (SSSR count). The van der Waals surface area contributed by atoms with Crippen LogP contribution < -0.4 is 5.73 Å². The van der Waals surface area contributed by atoms with Gasteiger partial charge in [0.05, 0.1) is 0 Å². The van der Waals surface area contributed by atoms with Crippen LogP contribution in [-0.2, 0) is 6.42 Å². The van der Waals surface area contributed by atoms with Crippen LogP contribution in [0.4, 0.5) is 0 Å². The zero-order valence-electron chi connectivity index (χ0n) is 9.81. The Balaban J connectivity index is 2.63. The summed E-state index contributed by atoms with van der Waals surface area (Å²) in [6.07, 6.45) is 3.33. The molecular weight excluding hydrogens is 206 g/mol. The summed E-state index contributed by atoms with van der Waals surface area (Å²) in [5.41, 5.74) is 9.44. The number of nitrogens with two attached hydrogens (primary N) is 1. The highest BCUT2D eigenvalue weighted by Gasteiger charge is 2.03. The van der Waals surface area contributed by atoms with Crippen molar-refractivity contribution in [3.63, 3.8) is 0 Å². The van der Waals surface area contributed by atoms with Crippen LogP contribution in [0.3, 0.4) is 0 Å². The fourth-order valence-electron chi connectivity index (χ4n) is 1.81. The molecule has 0 radical (unpaired) electrons. The second-order valence-electron chi connectivity index (χ2n) is 4.41. The number of aryl methyl sites for hydroxylation is 3. The molecular formula is C13H20ClN. The van der Waals surface area contributed by atoms with Crippen molar-refractivity contribution in [3.8, 4) is 0 Å². The highest BCUT2D eigenvalue weighted by molar-refractivity contribution is 6.32. The summed E-state index contributed by atoms with van der Waals surface area (Å²) in [6.45, 7) is 6.17. The standard InChI is InChI=1S/C13H20ClN/c1-9-7-12(6-4-5-11(3)15)8-10(2)13(9)14/h7-8,11H,4-6,15H2,1-3H3/t11-/m0/s1. The fourth-order valence-corrected chi connectivity index (χ4v) is 1.92. The molecule has 1 aromatic carbocycles. The predicted octanol–water partition coefficient (Wildman–Crippen LogP) is 3.63. The Morgan fingerprint density at radius 3 is 2.27 bits per heavy atom. The molecule has 0 aliphatic rings. The molecule has 84 valence electrons. The molecule has 2 N–H and O–H groups in total. The molecule has 0 fully saturated rings. The van der Waals surface area contributed by atoms with Gasteiger partial charge in [0, 0.05) is 11.1 Å². The van der Waals surface area contributed by atoms with Crippen molar-refractivity contribution in [2.24, 2.45) is 5.73 Å². The van der Waals surface area contributed by atoms with Crippen LogP contribution in [0.25, 0.3) is 0 Å². The average molecular weight is 226 g/mol. The largest absolute Gasteiger partial charge is 0.328 e. The minimum absolute atomic E-state index is 0.305. The maximum atomic E-state index is 6.11. The minimum Gasteiger partial charge on any atom is -0.328 e. The van der Waals surface area contributed by atoms with Crippen LogP contribution in [0, 0.1) is 13.8 Å². The topological polar surface area (TPSA) is 26.0 Å². The van der Waals surface area contributed by atoms with Gasteiger partial charge in [0.25, 0.3) is 0 Å². The first-order valence-corrected chi connectivity index (χ1v) is 5.89. The number of benzene rings is 1. The van der Waals surface area contributed by atoms with Crippen molar-refractivity contribution < 1.29 is 0 Å². The van der Waals surface area contributed by atoms with E-state index < -0.39 is 0 Å². The lowest BCUT2D eigenvalue weighted by atomic mass is 10.0. The normalized spacial score (nSPS) is 12.9. The van der Waals surface area contributed by atoms with Gasteiger partial charge in [-0.3, -0.25) is 0 Å². The van der Waals surface area contributed by atoms with E-state index in [2.05, 4.69) is 32.9 Å². The zero-order chi connectivity index (χ0) is 11.4. The molecule has 0 aromatic heterocycles. The van der Waals surface area contributed by atoms with E-state index in [0.29, 0.717) is 6.04 Å². The Labute approximate surface area is 97.6 Å². The molecule has 15 heavy (non-hydrogen) atoms. The van der Waals surface area contributed by atoms with Crippen LogP contribution in [0.5, 0.6) is 0 Å². The molecule has 0 saturated heterocycles. The fraction of sp³-hybridized carbons (Fsp3) is 0.538. The van der Waals surface area contributed by atoms with E-state index in [4.69, 9.17) is 17.3 Å². The van der Waals surface area contributed by atoms with Crippen LogP contribution in [-0.4, -0.2) is 6.04 Å². The highest BCUT2D eigenvalue weighted by Crippen LogP contribution is 2.22. The number of rotatable bonds is 4. The van der Waals surface area contributed by atoms with Crippen LogP contribution in [0.15, 0.2) is 12.1 Å². The lowest BCUT2D eigenvalue weighted by Gasteiger charge is -2.08. The SMILES string of the molecule is Cc1cc(CCC[C@H](C)N)cc(C)c1Cl. The van der Waals surface area contributed by atoms with Crippen molar-refractivity contribution in [2.75, 3.05) is 0 Å². The molecule has 1 nitrogen and oxygen atoms in total. The Morgan fingerprint density at radius 2 is 1.80 bits per heavy atom. The lowest BCUT2D eigenvalue weighted by molar-refractivity contribution is 0.624. The van der Waals surface area contributed by atoms with Crippen molar-refractivity contribution in [2.45, 2.75) is 46.1 Å². The van der Waals surface area contributed by atoms with E-state index in [1.165, 1.54) is 16.7 Å². The van der Waals surface area contributed by atoms with Crippen molar-refractivity contribution in [1.82, 2.24) is 0 Å². The molecule has 0 amide bonds. The summed E-state index contributed by atoms with van der Waals surface area (Å²) in [4.78, 5) is 0. The summed E-state index contributed by atoms with van der Waals surface area (Å²) in [7, 11) is 0. The summed E-state index contributed by atoms with van der Waals surface area (Å²) in [5.74, 6) is 0. The zero-order valence-corrected chi connectivity index (χ0v) is 10.6. The predicted molar refractivity (Wildman–Crippen MR) is 67.5 cm³/mol. The van der Waals surface area contributed by atoms with Crippen LogP contribution in [0.2, 0.25) is 5.02 Å². The molecule has 0 heterocycles. The van der Waals surface area contributed by atoms with Crippen LogP contribution in [0.1, 0.15) is 36.5 Å². The first-order valence-electron chi connectivity index (χ1n) is 5.52. The molecule has 0 bridgehead atoms. The summed E-state index contributed by atoms with van der Waals surface area (Å²) in [6, 6.07) is 4.66. The van der Waals surface area contributed by atoms with E-state index in [0.717, 1.165) is 24.3 Å². The lowest BCUT2D eigenvalue weighted by Crippen LogP contribution is -2.14. The second-order valence-corrected chi connectivity index (χ2v) is 4.79. The van der Waals surface area contributed by atoms with Gasteiger partial charge in [-0.2, -0.15) is 0 Å². The van der Waals surface area contributed by atoms with Gasteiger partial charge in [0.15, 0.2) is 0 Å². The molecule has 2 heteroatoms. The maximum Gasteiger partial charge on any atom is 0.0464 e. The van der Waals surface area contributed by atoms with E-state index in [1.54, 1.807) is 0 Å². The molecule has 0 unspecified atom stereocenters. The van der Waals surface area contributed by atoms with Crippen molar-refractivity contribution in [3.05, 3.63) is 33.8 Å². The second kappa shape index (κ2) is 5.53. The third-order valence-electron chi connectivity index (χ3n) is 2.62. The van der Waals surface area contributed by atoms with Gasteiger partial charge in [-0.1, -0.05) is 23.7 Å². The summed E-state index contributed by atoms with van der Waals surface area (Å²) < 4.78 is 0. The average Bonchev–Trinajstić information content (AvgIpc) is 2.13. The van der Waals surface area contributed by atoms with Gasteiger partial charge in [-0.25, -0.2) is 0 Å². The summed E-state index contributed by atoms with van der Waals surface area (Å²) >= 11 is 6.11. The molecule has 0 aliphatic carbocycles. The van der Waals surface area contributed by atoms with Gasteiger partial charge >= 0.3 is 0 Å². The van der Waals surface area contributed by atoms with E-state index in [-0.39, 0.29) is 0 Å². The Bertz CT molecular complexity index is 308. The first kappa shape index (κ1) is 12.5.